The highest BCUT2D eigenvalue weighted by atomic mass is 32.2. The Morgan fingerprint density at radius 2 is 1.84 bits per heavy atom. The number of amides is 1. The second kappa shape index (κ2) is 7.84. The number of nitrogens with zero attached hydrogens (tertiary/aromatic N) is 1. The largest absolute Gasteiger partial charge is 0.450 e. The zero-order valence-electron chi connectivity index (χ0n) is 17.9. The van der Waals surface area contributed by atoms with Gasteiger partial charge in [-0.25, -0.2) is 0 Å². The maximum Gasteiger partial charge on any atom is 0.291 e. The highest BCUT2D eigenvalue weighted by Gasteiger charge is 2.43. The summed E-state index contributed by atoms with van der Waals surface area (Å²) < 4.78 is 11.9. The first-order valence-corrected chi connectivity index (χ1v) is 11.8. The van der Waals surface area contributed by atoms with Crippen LogP contribution in [0.5, 0.6) is 0 Å². The van der Waals surface area contributed by atoms with Gasteiger partial charge >= 0.3 is 0 Å². The number of benzene rings is 2. The molecule has 0 saturated carbocycles. The molecule has 3 heterocycles. The van der Waals surface area contributed by atoms with Gasteiger partial charge in [-0.2, -0.15) is 0 Å². The molecule has 0 spiro atoms. The molecule has 0 radical (unpaired) electrons. The number of rotatable bonds is 4. The van der Waals surface area contributed by atoms with Crippen molar-refractivity contribution >= 4 is 28.6 Å². The SMILES string of the molecule is CSc1ccc([C@@H]2c3c(oc4cc(C)c(C)cc4c3=O)C(=O)N2C[C@@H]2CCCO2)cc1. The van der Waals surface area contributed by atoms with E-state index < -0.39 is 6.04 Å². The van der Waals surface area contributed by atoms with Crippen LogP contribution in [0.15, 0.2) is 50.5 Å². The van der Waals surface area contributed by atoms with Gasteiger partial charge in [0.15, 0.2) is 5.43 Å². The van der Waals surface area contributed by atoms with Gasteiger partial charge in [-0.05, 0) is 73.9 Å². The molecule has 3 aromatic rings. The summed E-state index contributed by atoms with van der Waals surface area (Å²) in [6.07, 6.45) is 3.92. The number of carbonyl (C=O) groups is 1. The summed E-state index contributed by atoms with van der Waals surface area (Å²) in [5.41, 5.74) is 3.76. The van der Waals surface area contributed by atoms with Gasteiger partial charge in [0.2, 0.25) is 5.76 Å². The lowest BCUT2D eigenvalue weighted by molar-refractivity contribution is 0.0486. The van der Waals surface area contributed by atoms with E-state index in [-0.39, 0.29) is 23.2 Å². The number of hydrogen-bond donors (Lipinski definition) is 0. The molecular formula is C25H25NO4S. The van der Waals surface area contributed by atoms with Crippen molar-refractivity contribution in [1.82, 2.24) is 4.90 Å². The third kappa shape index (κ3) is 3.38. The van der Waals surface area contributed by atoms with Crippen LogP contribution in [-0.2, 0) is 4.74 Å². The van der Waals surface area contributed by atoms with Crippen molar-refractivity contribution in [2.45, 2.75) is 43.7 Å². The Bertz CT molecular complexity index is 1220. The van der Waals surface area contributed by atoms with E-state index >= 15 is 0 Å². The van der Waals surface area contributed by atoms with E-state index in [9.17, 15) is 9.59 Å². The number of ether oxygens (including phenoxy) is 1. The quantitative estimate of drug-likeness (QED) is 0.548. The summed E-state index contributed by atoms with van der Waals surface area (Å²) in [5.74, 6) is -0.0700. The molecule has 2 aliphatic rings. The molecular weight excluding hydrogens is 410 g/mol. The molecule has 0 N–H and O–H groups in total. The fourth-order valence-electron chi connectivity index (χ4n) is 4.60. The molecule has 0 aliphatic carbocycles. The lowest BCUT2D eigenvalue weighted by atomic mass is 9.97. The smallest absolute Gasteiger partial charge is 0.291 e. The van der Waals surface area contributed by atoms with Crippen molar-refractivity contribution < 1.29 is 13.9 Å². The predicted octanol–water partition coefficient (Wildman–Crippen LogP) is 4.86. The standard InChI is InChI=1S/C25H25NO4S/c1-14-11-19-20(12-15(14)2)30-24-21(23(19)27)22(16-6-8-18(31-3)9-7-16)26(25(24)28)13-17-5-4-10-29-17/h6-9,11-12,17,22H,4-5,10,13H2,1-3H3/t17-,22+/m0/s1. The van der Waals surface area contributed by atoms with Gasteiger partial charge in [0.25, 0.3) is 5.91 Å². The molecule has 2 aliphatic heterocycles. The van der Waals surface area contributed by atoms with Crippen molar-refractivity contribution in [3.63, 3.8) is 0 Å². The van der Waals surface area contributed by atoms with E-state index in [4.69, 9.17) is 9.15 Å². The highest BCUT2D eigenvalue weighted by molar-refractivity contribution is 7.98. The number of aryl methyl sites for hydroxylation is 2. The molecule has 1 aromatic heterocycles. The van der Waals surface area contributed by atoms with Crippen molar-refractivity contribution in [2.24, 2.45) is 0 Å². The second-order valence-electron chi connectivity index (χ2n) is 8.37. The minimum atomic E-state index is -0.468. The Morgan fingerprint density at radius 1 is 1.10 bits per heavy atom. The molecule has 2 aromatic carbocycles. The Balaban J connectivity index is 1.70. The van der Waals surface area contributed by atoms with E-state index in [1.54, 1.807) is 16.7 Å². The van der Waals surface area contributed by atoms with Crippen LogP contribution in [0.4, 0.5) is 0 Å². The first-order valence-electron chi connectivity index (χ1n) is 10.6. The van der Waals surface area contributed by atoms with Crippen LogP contribution in [0.2, 0.25) is 0 Å². The Hall–Kier alpha value is -2.57. The molecule has 0 unspecified atom stereocenters. The van der Waals surface area contributed by atoms with E-state index in [1.807, 2.05) is 56.5 Å². The van der Waals surface area contributed by atoms with Crippen molar-refractivity contribution in [2.75, 3.05) is 19.4 Å². The van der Waals surface area contributed by atoms with Gasteiger partial charge in [0.05, 0.1) is 23.1 Å². The van der Waals surface area contributed by atoms with Gasteiger partial charge in [0, 0.05) is 18.0 Å². The van der Waals surface area contributed by atoms with Crippen molar-refractivity contribution in [3.8, 4) is 0 Å². The summed E-state index contributed by atoms with van der Waals surface area (Å²) in [7, 11) is 0. The summed E-state index contributed by atoms with van der Waals surface area (Å²) in [5, 5.41) is 0.527. The van der Waals surface area contributed by atoms with Gasteiger partial charge in [-0.1, -0.05) is 12.1 Å². The Morgan fingerprint density at radius 3 is 2.52 bits per heavy atom. The van der Waals surface area contributed by atoms with Crippen LogP contribution in [-0.4, -0.2) is 36.3 Å². The summed E-state index contributed by atoms with van der Waals surface area (Å²) in [6.45, 7) is 5.12. The first kappa shape index (κ1) is 20.3. The fraction of sp³-hybridized carbons (Fsp3) is 0.360. The van der Waals surface area contributed by atoms with E-state index in [0.29, 0.717) is 29.7 Å². The van der Waals surface area contributed by atoms with Crippen molar-refractivity contribution in [1.29, 1.82) is 0 Å². The molecule has 5 rings (SSSR count). The minimum absolute atomic E-state index is 0.0137. The lowest BCUT2D eigenvalue weighted by Gasteiger charge is -2.27. The van der Waals surface area contributed by atoms with Gasteiger partial charge in [-0.15, -0.1) is 11.8 Å². The molecule has 1 amide bonds. The van der Waals surface area contributed by atoms with E-state index in [2.05, 4.69) is 0 Å². The lowest BCUT2D eigenvalue weighted by Crippen LogP contribution is -2.36. The van der Waals surface area contributed by atoms with Crippen LogP contribution in [0, 0.1) is 13.8 Å². The normalized spacial score (nSPS) is 20.6. The summed E-state index contributed by atoms with van der Waals surface area (Å²) in [6, 6.07) is 11.3. The van der Waals surface area contributed by atoms with Crippen molar-refractivity contribution in [3.05, 3.63) is 74.6 Å². The van der Waals surface area contributed by atoms with E-state index in [1.165, 1.54) is 0 Å². The Labute approximate surface area is 185 Å². The minimum Gasteiger partial charge on any atom is -0.450 e. The molecule has 2 atom stereocenters. The predicted molar refractivity (Wildman–Crippen MR) is 122 cm³/mol. The molecule has 5 nitrogen and oxygen atoms in total. The molecule has 1 fully saturated rings. The fourth-order valence-corrected chi connectivity index (χ4v) is 5.01. The Kier molecular flexibility index (Phi) is 5.15. The highest BCUT2D eigenvalue weighted by Crippen LogP contribution is 2.39. The zero-order chi connectivity index (χ0) is 21.7. The zero-order valence-corrected chi connectivity index (χ0v) is 18.8. The maximum atomic E-state index is 13.6. The third-order valence-electron chi connectivity index (χ3n) is 6.44. The van der Waals surface area contributed by atoms with Crippen LogP contribution in [0.1, 0.15) is 51.7 Å². The summed E-state index contributed by atoms with van der Waals surface area (Å²) >= 11 is 1.66. The average Bonchev–Trinajstić information content (AvgIpc) is 3.38. The number of fused-ring (bicyclic) bond motifs is 2. The van der Waals surface area contributed by atoms with E-state index in [0.717, 1.165) is 34.4 Å². The average molecular weight is 436 g/mol. The van der Waals surface area contributed by atoms with Gasteiger partial charge in [-0.3, -0.25) is 9.59 Å². The number of thioether (sulfide) groups is 1. The van der Waals surface area contributed by atoms with Crippen LogP contribution in [0.25, 0.3) is 11.0 Å². The molecule has 1 saturated heterocycles. The molecule has 160 valence electrons. The second-order valence-corrected chi connectivity index (χ2v) is 9.25. The maximum absolute atomic E-state index is 13.6. The molecule has 0 bridgehead atoms. The summed E-state index contributed by atoms with van der Waals surface area (Å²) in [4.78, 5) is 30.0. The topological polar surface area (TPSA) is 59.8 Å². The number of hydrogen-bond acceptors (Lipinski definition) is 5. The van der Waals surface area contributed by atoms with Gasteiger partial charge < -0.3 is 14.1 Å². The third-order valence-corrected chi connectivity index (χ3v) is 7.18. The van der Waals surface area contributed by atoms with Crippen LogP contribution >= 0.6 is 11.8 Å². The van der Waals surface area contributed by atoms with Crippen LogP contribution in [0.3, 0.4) is 0 Å². The first-order chi connectivity index (χ1) is 15.0. The molecule has 31 heavy (non-hydrogen) atoms. The molecule has 6 heteroatoms. The number of carbonyl (C=O) groups excluding carboxylic acids is 1. The van der Waals surface area contributed by atoms with Crippen LogP contribution < -0.4 is 5.43 Å². The van der Waals surface area contributed by atoms with Gasteiger partial charge in [0.1, 0.15) is 5.58 Å². The monoisotopic (exact) mass is 435 g/mol.